The van der Waals surface area contributed by atoms with Gasteiger partial charge in [0, 0.05) is 22.6 Å². The normalized spacial score (nSPS) is 10.7. The van der Waals surface area contributed by atoms with Crippen LogP contribution in [0.2, 0.25) is 5.02 Å². The molecule has 1 aromatic heterocycles. The number of para-hydroxylation sites is 1. The van der Waals surface area contributed by atoms with Gasteiger partial charge in [-0.25, -0.2) is 0 Å². The average molecular weight is 283 g/mol. The minimum absolute atomic E-state index is 0.731. The van der Waals surface area contributed by atoms with Crippen molar-refractivity contribution in [3.8, 4) is 0 Å². The molecule has 0 saturated carbocycles. The Labute approximate surface area is 123 Å². The van der Waals surface area contributed by atoms with Gasteiger partial charge in [-0.15, -0.1) is 0 Å². The number of aryl methyl sites for hydroxylation is 1. The van der Waals surface area contributed by atoms with E-state index in [-0.39, 0.29) is 0 Å². The monoisotopic (exact) mass is 282 g/mol. The molecule has 1 N–H and O–H groups in total. The fourth-order valence-corrected chi connectivity index (χ4v) is 2.44. The third kappa shape index (κ3) is 2.75. The van der Waals surface area contributed by atoms with E-state index in [9.17, 15) is 0 Å². The van der Waals surface area contributed by atoms with E-state index in [1.54, 1.807) is 0 Å². The molecule has 0 aliphatic heterocycles. The summed E-state index contributed by atoms with van der Waals surface area (Å²) in [7, 11) is 0. The van der Waals surface area contributed by atoms with Gasteiger partial charge in [0.25, 0.3) is 0 Å². The van der Waals surface area contributed by atoms with Gasteiger partial charge >= 0.3 is 0 Å². The quantitative estimate of drug-likeness (QED) is 0.746. The number of benzene rings is 2. The van der Waals surface area contributed by atoms with E-state index in [0.29, 0.717) is 0 Å². The van der Waals surface area contributed by atoms with Crippen LogP contribution < -0.4 is 5.32 Å². The van der Waals surface area contributed by atoms with E-state index >= 15 is 0 Å². The molecule has 0 bridgehead atoms. The molecule has 100 valence electrons. The molecule has 0 saturated heterocycles. The van der Waals surface area contributed by atoms with Crippen LogP contribution in [-0.4, -0.2) is 4.98 Å². The lowest BCUT2D eigenvalue weighted by molar-refractivity contribution is 1.15. The fourth-order valence-electron chi connectivity index (χ4n) is 2.23. The van der Waals surface area contributed by atoms with Gasteiger partial charge in [-0.3, -0.25) is 4.98 Å². The van der Waals surface area contributed by atoms with E-state index in [0.717, 1.165) is 39.4 Å². The van der Waals surface area contributed by atoms with E-state index in [1.807, 2.05) is 37.3 Å². The fraction of sp³-hybridized carbons (Fsp3) is 0.118. The number of fused-ring (bicyclic) bond motifs is 1. The van der Waals surface area contributed by atoms with Crippen LogP contribution >= 0.6 is 11.6 Å². The zero-order valence-corrected chi connectivity index (χ0v) is 12.0. The molecule has 0 spiro atoms. The molecule has 0 fully saturated rings. The number of nitrogens with zero attached hydrogens (tertiary/aromatic N) is 1. The Morgan fingerprint density at radius 3 is 2.75 bits per heavy atom. The minimum Gasteiger partial charge on any atom is -0.379 e. The van der Waals surface area contributed by atoms with Gasteiger partial charge in [-0.05, 0) is 36.8 Å². The zero-order chi connectivity index (χ0) is 13.9. The summed E-state index contributed by atoms with van der Waals surface area (Å²) in [4.78, 5) is 4.62. The number of pyridine rings is 1. The Kier molecular flexibility index (Phi) is 3.57. The number of aromatic nitrogens is 1. The number of halogens is 1. The lowest BCUT2D eigenvalue weighted by Gasteiger charge is -2.10. The molecule has 2 nitrogen and oxygen atoms in total. The molecule has 20 heavy (non-hydrogen) atoms. The minimum atomic E-state index is 0.731. The van der Waals surface area contributed by atoms with Crippen LogP contribution in [-0.2, 0) is 6.54 Å². The number of nitrogens with one attached hydrogen (secondary N) is 1. The van der Waals surface area contributed by atoms with Crippen molar-refractivity contribution in [2.24, 2.45) is 0 Å². The Balaban J connectivity index is 1.89. The topological polar surface area (TPSA) is 24.9 Å². The molecule has 0 unspecified atom stereocenters. The van der Waals surface area contributed by atoms with Gasteiger partial charge < -0.3 is 5.32 Å². The third-order valence-electron chi connectivity index (χ3n) is 3.23. The number of hydrogen-bond donors (Lipinski definition) is 1. The molecular weight excluding hydrogens is 268 g/mol. The second kappa shape index (κ2) is 5.51. The van der Waals surface area contributed by atoms with Crippen molar-refractivity contribution in [3.05, 3.63) is 70.9 Å². The van der Waals surface area contributed by atoms with Crippen LogP contribution in [0.3, 0.4) is 0 Å². The molecule has 3 rings (SSSR count). The van der Waals surface area contributed by atoms with Gasteiger partial charge in [-0.2, -0.15) is 0 Å². The molecule has 1 heterocycles. The summed E-state index contributed by atoms with van der Waals surface area (Å²) in [6, 6.07) is 18.2. The Morgan fingerprint density at radius 1 is 1.05 bits per heavy atom. The Morgan fingerprint density at radius 2 is 1.90 bits per heavy atom. The van der Waals surface area contributed by atoms with E-state index in [2.05, 4.69) is 34.6 Å². The molecule has 0 aliphatic rings. The zero-order valence-electron chi connectivity index (χ0n) is 11.2. The molecule has 0 aliphatic carbocycles. The van der Waals surface area contributed by atoms with E-state index in [1.165, 1.54) is 0 Å². The second-order valence-corrected chi connectivity index (χ2v) is 5.25. The van der Waals surface area contributed by atoms with Gasteiger partial charge in [-0.1, -0.05) is 41.9 Å². The maximum atomic E-state index is 6.00. The lowest BCUT2D eigenvalue weighted by Crippen LogP contribution is -2.00. The summed E-state index contributed by atoms with van der Waals surface area (Å²) >= 11 is 6.00. The smallest absolute Gasteiger partial charge is 0.0936 e. The van der Waals surface area contributed by atoms with Gasteiger partial charge in [0.15, 0.2) is 0 Å². The van der Waals surface area contributed by atoms with Crippen LogP contribution in [0.5, 0.6) is 0 Å². The summed E-state index contributed by atoms with van der Waals surface area (Å²) in [6.07, 6.45) is 0. The lowest BCUT2D eigenvalue weighted by atomic mass is 10.1. The van der Waals surface area contributed by atoms with Crippen LogP contribution in [0.25, 0.3) is 10.9 Å². The summed E-state index contributed by atoms with van der Waals surface area (Å²) in [5.74, 6) is 0. The Bertz CT molecular complexity index is 753. The van der Waals surface area contributed by atoms with E-state index in [4.69, 9.17) is 11.6 Å². The standard InChI is InChI=1S/C17H15ClN2/c1-12-8-9-14-5-3-7-16(17(14)20-12)19-11-13-4-2-6-15(18)10-13/h2-10,19H,11H2,1H3. The predicted octanol–water partition coefficient (Wildman–Crippen LogP) is 4.81. The third-order valence-corrected chi connectivity index (χ3v) is 3.47. The van der Waals surface area contributed by atoms with Crippen molar-refractivity contribution in [2.45, 2.75) is 13.5 Å². The molecule has 3 aromatic rings. The first-order valence-electron chi connectivity index (χ1n) is 6.57. The van der Waals surface area contributed by atoms with Gasteiger partial charge in [0.1, 0.15) is 0 Å². The van der Waals surface area contributed by atoms with Crippen molar-refractivity contribution >= 4 is 28.2 Å². The van der Waals surface area contributed by atoms with Crippen molar-refractivity contribution < 1.29 is 0 Å². The maximum absolute atomic E-state index is 6.00. The van der Waals surface area contributed by atoms with Gasteiger partial charge in [0.05, 0.1) is 11.2 Å². The van der Waals surface area contributed by atoms with Crippen molar-refractivity contribution in [1.82, 2.24) is 4.98 Å². The average Bonchev–Trinajstić information content (AvgIpc) is 2.45. The largest absolute Gasteiger partial charge is 0.379 e. The summed E-state index contributed by atoms with van der Waals surface area (Å²) in [6.45, 7) is 2.74. The molecule has 0 atom stereocenters. The molecule has 0 amide bonds. The summed E-state index contributed by atoms with van der Waals surface area (Å²) < 4.78 is 0. The highest BCUT2D eigenvalue weighted by molar-refractivity contribution is 6.30. The van der Waals surface area contributed by atoms with Crippen molar-refractivity contribution in [2.75, 3.05) is 5.32 Å². The highest BCUT2D eigenvalue weighted by atomic mass is 35.5. The maximum Gasteiger partial charge on any atom is 0.0936 e. The molecule has 0 radical (unpaired) electrons. The first-order chi connectivity index (χ1) is 9.72. The number of rotatable bonds is 3. The van der Waals surface area contributed by atoms with Crippen molar-refractivity contribution in [1.29, 1.82) is 0 Å². The van der Waals surface area contributed by atoms with Crippen LogP contribution in [0.1, 0.15) is 11.3 Å². The first-order valence-corrected chi connectivity index (χ1v) is 6.95. The second-order valence-electron chi connectivity index (χ2n) is 4.81. The van der Waals surface area contributed by atoms with Gasteiger partial charge in [0.2, 0.25) is 0 Å². The molecule has 2 aromatic carbocycles. The SMILES string of the molecule is Cc1ccc2cccc(NCc3cccc(Cl)c3)c2n1. The van der Waals surface area contributed by atoms with Crippen LogP contribution in [0.4, 0.5) is 5.69 Å². The van der Waals surface area contributed by atoms with E-state index < -0.39 is 0 Å². The van der Waals surface area contributed by atoms with Crippen LogP contribution in [0, 0.1) is 6.92 Å². The molecular formula is C17H15ClN2. The summed E-state index contributed by atoms with van der Waals surface area (Å²) in [5, 5.41) is 5.34. The van der Waals surface area contributed by atoms with Crippen LogP contribution in [0.15, 0.2) is 54.6 Å². The number of hydrogen-bond acceptors (Lipinski definition) is 2. The Hall–Kier alpha value is -2.06. The highest BCUT2D eigenvalue weighted by Gasteiger charge is 2.02. The first kappa shape index (κ1) is 12.9. The van der Waals surface area contributed by atoms with Crippen molar-refractivity contribution in [3.63, 3.8) is 0 Å². The summed E-state index contributed by atoms with van der Waals surface area (Å²) in [5.41, 5.74) is 4.23. The number of anilines is 1. The highest BCUT2D eigenvalue weighted by Crippen LogP contribution is 2.22. The predicted molar refractivity (Wildman–Crippen MR) is 85.3 cm³/mol. The molecule has 3 heteroatoms.